The van der Waals surface area contributed by atoms with Crippen LogP contribution in [0.2, 0.25) is 0 Å². The molecule has 30 heavy (non-hydrogen) atoms. The zero-order chi connectivity index (χ0) is 20.2. The zero-order valence-electron chi connectivity index (χ0n) is 16.1. The van der Waals surface area contributed by atoms with Gasteiger partial charge in [0.15, 0.2) is 0 Å². The minimum atomic E-state index is 0.743. The van der Waals surface area contributed by atoms with Gasteiger partial charge in [0.2, 0.25) is 0 Å². The summed E-state index contributed by atoms with van der Waals surface area (Å²) >= 11 is 0. The van der Waals surface area contributed by atoms with Crippen molar-refractivity contribution in [2.24, 2.45) is 0 Å². The molecule has 2 nitrogen and oxygen atoms in total. The van der Waals surface area contributed by atoms with Crippen molar-refractivity contribution >= 4 is 21.8 Å². The Labute approximate surface area is 175 Å². The molecule has 0 unspecified atom stereocenters. The van der Waals surface area contributed by atoms with Crippen molar-refractivity contribution in [3.63, 3.8) is 0 Å². The van der Waals surface area contributed by atoms with Gasteiger partial charge in [-0.3, -0.25) is 0 Å². The van der Waals surface area contributed by atoms with Crippen LogP contribution < -0.4 is 0 Å². The second kappa shape index (κ2) is 7.92. The minimum Gasteiger partial charge on any atom is -0.239 e. The third-order valence-corrected chi connectivity index (χ3v) is 4.77. The largest absolute Gasteiger partial charge is 0.239 e. The molecular weight excluding hydrogens is 364 g/mol. The van der Waals surface area contributed by atoms with Crippen LogP contribution in [0.1, 0.15) is 22.5 Å². The van der Waals surface area contributed by atoms with E-state index in [2.05, 4.69) is 33.6 Å². The molecule has 0 aliphatic heterocycles. The number of hydrogen-bond donors (Lipinski definition) is 0. The Kier molecular flexibility index (Phi) is 4.67. The number of aromatic nitrogens is 2. The highest BCUT2D eigenvalue weighted by molar-refractivity contribution is 5.79. The molecule has 0 fully saturated rings. The molecule has 0 N–H and O–H groups in total. The molecule has 0 bridgehead atoms. The lowest BCUT2D eigenvalue weighted by atomic mass is 10.1. The van der Waals surface area contributed by atoms with E-state index in [1.807, 2.05) is 97.1 Å². The molecule has 5 aromatic rings. The lowest BCUT2D eigenvalue weighted by Crippen LogP contribution is -1.87. The standard InChI is InChI=1S/C28H16N2/c1-2-8-22(14-18-26-20-16-24-10-4-6-12-28(24)30-26)21(7-1)13-17-25-19-15-23-9-3-5-11-27(23)29-25/h1-12,15-16,19-20H. The fraction of sp³-hybridized carbons (Fsp3) is 0. The molecule has 0 saturated carbocycles. The summed E-state index contributed by atoms with van der Waals surface area (Å²) in [5.41, 5.74) is 5.13. The lowest BCUT2D eigenvalue weighted by molar-refractivity contribution is 1.36. The van der Waals surface area contributed by atoms with Gasteiger partial charge in [-0.15, -0.1) is 0 Å². The molecule has 3 aromatic carbocycles. The average Bonchev–Trinajstić information content (AvgIpc) is 2.81. The first-order valence-electron chi connectivity index (χ1n) is 9.70. The van der Waals surface area contributed by atoms with Crippen molar-refractivity contribution < 1.29 is 0 Å². The number of pyridine rings is 2. The van der Waals surface area contributed by atoms with Crippen LogP contribution in [0.15, 0.2) is 97.1 Å². The Bertz CT molecular complexity index is 1390. The maximum Gasteiger partial charge on any atom is 0.114 e. The normalized spacial score (nSPS) is 10.1. The summed E-state index contributed by atoms with van der Waals surface area (Å²) in [6.07, 6.45) is 0. The number of fused-ring (bicyclic) bond motifs is 2. The Morgan fingerprint density at radius 3 is 1.33 bits per heavy atom. The Balaban J connectivity index is 1.47. The van der Waals surface area contributed by atoms with Crippen LogP contribution >= 0.6 is 0 Å². The van der Waals surface area contributed by atoms with E-state index in [1.165, 1.54) is 0 Å². The van der Waals surface area contributed by atoms with Crippen molar-refractivity contribution in [3.05, 3.63) is 120 Å². The number of rotatable bonds is 0. The van der Waals surface area contributed by atoms with E-state index >= 15 is 0 Å². The molecule has 5 rings (SSSR count). The first-order valence-corrected chi connectivity index (χ1v) is 9.70. The van der Waals surface area contributed by atoms with Crippen LogP contribution in [0.25, 0.3) is 21.8 Å². The van der Waals surface area contributed by atoms with Crippen LogP contribution in [0, 0.1) is 23.7 Å². The van der Waals surface area contributed by atoms with E-state index in [-0.39, 0.29) is 0 Å². The molecule has 0 amide bonds. The van der Waals surface area contributed by atoms with Crippen LogP contribution in [-0.4, -0.2) is 9.97 Å². The maximum atomic E-state index is 4.62. The predicted octanol–water partition coefficient (Wildman–Crippen LogP) is 5.58. The highest BCUT2D eigenvalue weighted by Gasteiger charge is 1.98. The van der Waals surface area contributed by atoms with E-state index in [1.54, 1.807) is 0 Å². The third-order valence-electron chi connectivity index (χ3n) is 4.77. The second-order valence-corrected chi connectivity index (χ2v) is 6.82. The summed E-state index contributed by atoms with van der Waals surface area (Å²) in [6, 6.07) is 32.0. The first-order chi connectivity index (χ1) is 14.8. The van der Waals surface area contributed by atoms with E-state index in [0.29, 0.717) is 0 Å². The highest BCUT2D eigenvalue weighted by atomic mass is 14.7. The average molecular weight is 380 g/mol. The molecule has 2 heterocycles. The highest BCUT2D eigenvalue weighted by Crippen LogP contribution is 2.13. The quantitative estimate of drug-likeness (QED) is 0.328. The fourth-order valence-electron chi connectivity index (χ4n) is 3.24. The molecule has 0 atom stereocenters. The summed E-state index contributed by atoms with van der Waals surface area (Å²) in [5.74, 6) is 12.8. The van der Waals surface area contributed by atoms with E-state index in [0.717, 1.165) is 44.3 Å². The fourth-order valence-corrected chi connectivity index (χ4v) is 3.24. The first kappa shape index (κ1) is 17.7. The van der Waals surface area contributed by atoms with Crippen molar-refractivity contribution in [2.75, 3.05) is 0 Å². The number of para-hydroxylation sites is 2. The van der Waals surface area contributed by atoms with Gasteiger partial charge < -0.3 is 0 Å². The maximum absolute atomic E-state index is 4.62. The van der Waals surface area contributed by atoms with Crippen LogP contribution in [0.4, 0.5) is 0 Å². The molecule has 0 spiro atoms. The Morgan fingerprint density at radius 1 is 0.400 bits per heavy atom. The number of hydrogen-bond acceptors (Lipinski definition) is 2. The smallest absolute Gasteiger partial charge is 0.114 e. The summed E-state index contributed by atoms with van der Waals surface area (Å²) in [4.78, 5) is 9.25. The van der Waals surface area contributed by atoms with Gasteiger partial charge in [0.1, 0.15) is 11.4 Å². The van der Waals surface area contributed by atoms with Crippen LogP contribution in [-0.2, 0) is 0 Å². The van der Waals surface area contributed by atoms with E-state index < -0.39 is 0 Å². The van der Waals surface area contributed by atoms with Crippen molar-refractivity contribution in [2.45, 2.75) is 0 Å². The molecular formula is C28H16N2. The van der Waals surface area contributed by atoms with Crippen LogP contribution in [0.3, 0.4) is 0 Å². The van der Waals surface area contributed by atoms with Crippen molar-refractivity contribution in [1.82, 2.24) is 9.97 Å². The van der Waals surface area contributed by atoms with Gasteiger partial charge in [0.25, 0.3) is 0 Å². The van der Waals surface area contributed by atoms with Crippen molar-refractivity contribution in [1.29, 1.82) is 0 Å². The third kappa shape index (κ3) is 3.76. The molecule has 0 radical (unpaired) electrons. The Hall–Kier alpha value is -4.40. The van der Waals surface area contributed by atoms with Crippen LogP contribution in [0.5, 0.6) is 0 Å². The predicted molar refractivity (Wildman–Crippen MR) is 122 cm³/mol. The van der Waals surface area contributed by atoms with Gasteiger partial charge in [0, 0.05) is 21.9 Å². The van der Waals surface area contributed by atoms with Gasteiger partial charge >= 0.3 is 0 Å². The number of nitrogens with zero attached hydrogens (tertiary/aromatic N) is 2. The van der Waals surface area contributed by atoms with Gasteiger partial charge in [-0.2, -0.15) is 0 Å². The SMILES string of the molecule is C(#Cc1ccccc1C#Cc1ccc2ccccc2n1)c1ccc2ccccc2n1. The number of benzene rings is 3. The molecule has 0 saturated heterocycles. The molecule has 2 aromatic heterocycles. The molecule has 2 heteroatoms. The Morgan fingerprint density at radius 2 is 0.833 bits per heavy atom. The summed E-state index contributed by atoms with van der Waals surface area (Å²) in [7, 11) is 0. The topological polar surface area (TPSA) is 25.8 Å². The molecule has 0 aliphatic rings. The molecule has 0 aliphatic carbocycles. The summed E-state index contributed by atoms with van der Waals surface area (Å²) in [5, 5.41) is 2.22. The van der Waals surface area contributed by atoms with E-state index in [9.17, 15) is 0 Å². The zero-order valence-corrected chi connectivity index (χ0v) is 16.1. The van der Waals surface area contributed by atoms with Crippen molar-refractivity contribution in [3.8, 4) is 23.7 Å². The van der Waals surface area contributed by atoms with Gasteiger partial charge in [0.05, 0.1) is 11.0 Å². The summed E-state index contributed by atoms with van der Waals surface area (Å²) < 4.78 is 0. The lowest BCUT2D eigenvalue weighted by Gasteiger charge is -1.98. The van der Waals surface area contributed by atoms with Gasteiger partial charge in [-0.05, 0) is 48.2 Å². The van der Waals surface area contributed by atoms with E-state index in [4.69, 9.17) is 0 Å². The monoisotopic (exact) mass is 380 g/mol. The van der Waals surface area contributed by atoms with Gasteiger partial charge in [-0.25, -0.2) is 9.97 Å². The second-order valence-electron chi connectivity index (χ2n) is 6.82. The molecule has 138 valence electrons. The summed E-state index contributed by atoms with van der Waals surface area (Å²) in [6.45, 7) is 0. The van der Waals surface area contributed by atoms with Gasteiger partial charge in [-0.1, -0.05) is 72.5 Å². The minimum absolute atomic E-state index is 0.743.